The van der Waals surface area contributed by atoms with Gasteiger partial charge in [-0.3, -0.25) is 24.7 Å². The highest BCUT2D eigenvalue weighted by Gasteiger charge is 2.43. The number of amides is 2. The minimum absolute atomic E-state index is 0.157. The topological polar surface area (TPSA) is 65.1 Å². The molecule has 1 N–H and O–H groups in total. The number of likely N-dealkylation sites (N-methyl/N-ethyl adjacent to an activating group) is 1. The van der Waals surface area contributed by atoms with Gasteiger partial charge in [0, 0.05) is 31.2 Å². The Hall–Kier alpha value is -3.44. The summed E-state index contributed by atoms with van der Waals surface area (Å²) < 4.78 is 46.1. The summed E-state index contributed by atoms with van der Waals surface area (Å²) in [5.74, 6) is 0.167. The van der Waals surface area contributed by atoms with Crippen molar-refractivity contribution >= 4 is 23.4 Å². The van der Waals surface area contributed by atoms with E-state index in [1.165, 1.54) is 12.1 Å². The third-order valence-corrected chi connectivity index (χ3v) is 7.37. The Kier molecular flexibility index (Phi) is 8.14. The molecule has 7 nitrogen and oxygen atoms in total. The molecule has 2 unspecified atom stereocenters. The monoisotopic (exact) mass is 572 g/mol. The molecule has 40 heavy (non-hydrogen) atoms. The highest BCUT2D eigenvalue weighted by atomic mass is 35.5. The minimum Gasteiger partial charge on any atom is -0.457 e. The molecule has 2 atom stereocenters. The van der Waals surface area contributed by atoms with Gasteiger partial charge in [-0.2, -0.15) is 13.2 Å². The fourth-order valence-corrected chi connectivity index (χ4v) is 5.11. The first kappa shape index (κ1) is 28.1. The van der Waals surface area contributed by atoms with Crippen molar-refractivity contribution in [3.63, 3.8) is 0 Å². The summed E-state index contributed by atoms with van der Waals surface area (Å²) >= 11 is 5.95. The number of benzene rings is 3. The first-order valence-electron chi connectivity index (χ1n) is 12.8. The number of ether oxygens (including phenoxy) is 1. The second-order valence-electron chi connectivity index (χ2n) is 9.88. The van der Waals surface area contributed by atoms with Crippen LogP contribution < -0.4 is 10.1 Å². The van der Waals surface area contributed by atoms with Gasteiger partial charge >= 0.3 is 6.18 Å². The summed E-state index contributed by atoms with van der Waals surface area (Å²) in [6.45, 7) is 2.46. The van der Waals surface area contributed by atoms with Gasteiger partial charge in [-0.25, -0.2) is 0 Å². The quantitative estimate of drug-likeness (QED) is 0.444. The Labute approximate surface area is 235 Å². The average Bonchev–Trinajstić information content (AvgIpc) is 3.33. The van der Waals surface area contributed by atoms with E-state index in [9.17, 15) is 22.8 Å². The average molecular weight is 573 g/mol. The lowest BCUT2D eigenvalue weighted by molar-refractivity contribution is -0.148. The highest BCUT2D eigenvalue weighted by molar-refractivity contribution is 6.30. The Morgan fingerprint density at radius 2 is 1.60 bits per heavy atom. The number of nitrogens with one attached hydrogen (secondary N) is 1. The maximum Gasteiger partial charge on any atom is 0.416 e. The van der Waals surface area contributed by atoms with Gasteiger partial charge < -0.3 is 9.64 Å². The largest absolute Gasteiger partial charge is 0.457 e. The molecule has 2 amide bonds. The Bertz CT molecular complexity index is 1360. The SMILES string of the molecule is CN1CCN(C(C(=O)N2C(=O)CNC2c2cccc(C(F)(F)F)c2)c2ccc(Oc3ccc(Cl)cc3)cc2)CC1. The Morgan fingerprint density at radius 3 is 2.23 bits per heavy atom. The summed E-state index contributed by atoms with van der Waals surface area (Å²) in [5, 5.41) is 3.51. The maximum atomic E-state index is 14.2. The summed E-state index contributed by atoms with van der Waals surface area (Å²) in [4.78, 5) is 32.4. The zero-order valence-electron chi connectivity index (χ0n) is 21.7. The van der Waals surface area contributed by atoms with Gasteiger partial charge in [0.2, 0.25) is 5.91 Å². The van der Waals surface area contributed by atoms with Crippen LogP contribution in [-0.4, -0.2) is 66.3 Å². The number of hydrogen-bond donors (Lipinski definition) is 1. The van der Waals surface area contributed by atoms with Gasteiger partial charge in [0.05, 0.1) is 12.1 Å². The molecular weight excluding hydrogens is 545 g/mol. The number of carbonyl (C=O) groups is 2. The molecule has 3 aromatic rings. The van der Waals surface area contributed by atoms with E-state index < -0.39 is 35.8 Å². The summed E-state index contributed by atoms with van der Waals surface area (Å²) in [6, 6.07) is 17.9. The third kappa shape index (κ3) is 6.15. The number of nitrogens with zero attached hydrogens (tertiary/aromatic N) is 3. The van der Waals surface area contributed by atoms with Gasteiger partial charge in [-0.15, -0.1) is 0 Å². The van der Waals surface area contributed by atoms with E-state index in [1.807, 2.05) is 11.9 Å². The van der Waals surface area contributed by atoms with Crippen molar-refractivity contribution in [3.8, 4) is 11.5 Å². The predicted octanol–water partition coefficient (Wildman–Crippen LogP) is 5.10. The van der Waals surface area contributed by atoms with Crippen molar-refractivity contribution in [2.45, 2.75) is 18.4 Å². The van der Waals surface area contributed by atoms with E-state index in [-0.39, 0.29) is 12.1 Å². The molecule has 2 aliphatic rings. The van der Waals surface area contributed by atoms with Gasteiger partial charge in [-0.1, -0.05) is 35.9 Å². The lowest BCUT2D eigenvalue weighted by Gasteiger charge is -2.39. The first-order chi connectivity index (χ1) is 19.1. The van der Waals surface area contributed by atoms with Gasteiger partial charge in [0.15, 0.2) is 0 Å². The number of piperazine rings is 1. The number of halogens is 4. The van der Waals surface area contributed by atoms with Gasteiger partial charge in [0.25, 0.3) is 5.91 Å². The molecule has 0 bridgehead atoms. The summed E-state index contributed by atoms with van der Waals surface area (Å²) in [5.41, 5.74) is 0.00353. The number of alkyl halides is 3. The van der Waals surface area contributed by atoms with Crippen LogP contribution in [0.5, 0.6) is 11.5 Å². The van der Waals surface area contributed by atoms with Gasteiger partial charge in [0.1, 0.15) is 23.7 Å². The van der Waals surface area contributed by atoms with Crippen LogP contribution in [0.3, 0.4) is 0 Å². The van der Waals surface area contributed by atoms with E-state index in [0.29, 0.717) is 35.2 Å². The number of rotatable bonds is 6. The van der Waals surface area contributed by atoms with E-state index >= 15 is 0 Å². The Balaban J connectivity index is 1.45. The van der Waals surface area contributed by atoms with Crippen LogP contribution in [0.1, 0.15) is 28.9 Å². The van der Waals surface area contributed by atoms with Gasteiger partial charge in [-0.05, 0) is 66.7 Å². The van der Waals surface area contributed by atoms with Crippen LogP contribution in [0.4, 0.5) is 13.2 Å². The van der Waals surface area contributed by atoms with Crippen LogP contribution >= 0.6 is 11.6 Å². The summed E-state index contributed by atoms with van der Waals surface area (Å²) in [7, 11) is 1.99. The van der Waals surface area contributed by atoms with E-state index in [1.54, 1.807) is 48.5 Å². The molecule has 0 radical (unpaired) electrons. The van der Waals surface area contributed by atoms with Crippen molar-refractivity contribution in [1.82, 2.24) is 20.0 Å². The molecular formula is C29H28ClF3N4O3. The van der Waals surface area contributed by atoms with Crippen LogP contribution in [0.2, 0.25) is 5.02 Å². The lowest BCUT2D eigenvalue weighted by Crippen LogP contribution is -2.51. The molecule has 2 fully saturated rings. The molecule has 0 spiro atoms. The van der Waals surface area contributed by atoms with Crippen LogP contribution in [0.25, 0.3) is 0 Å². The predicted molar refractivity (Wildman–Crippen MR) is 144 cm³/mol. The van der Waals surface area contributed by atoms with E-state index in [4.69, 9.17) is 16.3 Å². The fourth-order valence-electron chi connectivity index (χ4n) is 4.98. The third-order valence-electron chi connectivity index (χ3n) is 7.12. The maximum absolute atomic E-state index is 14.2. The molecule has 2 heterocycles. The second kappa shape index (κ2) is 11.6. The van der Waals surface area contributed by atoms with Crippen molar-refractivity contribution < 1.29 is 27.5 Å². The standard InChI is InChI=1S/C29H28ClF3N4O3/c1-35-13-15-36(16-14-35)26(19-5-9-23(10-6-19)40-24-11-7-22(30)8-12-24)28(39)37-25(38)18-34-27(37)20-3-2-4-21(17-20)29(31,32)33/h2-12,17,26-27,34H,13-16,18H2,1H3. The minimum atomic E-state index is -4.55. The van der Waals surface area contributed by atoms with Crippen molar-refractivity contribution in [1.29, 1.82) is 0 Å². The molecule has 3 aromatic carbocycles. The van der Waals surface area contributed by atoms with Crippen molar-refractivity contribution in [2.24, 2.45) is 0 Å². The van der Waals surface area contributed by atoms with Crippen LogP contribution in [0, 0.1) is 0 Å². The van der Waals surface area contributed by atoms with Crippen molar-refractivity contribution in [2.75, 3.05) is 39.8 Å². The molecule has 0 aromatic heterocycles. The smallest absolute Gasteiger partial charge is 0.416 e. The van der Waals surface area contributed by atoms with Crippen LogP contribution in [-0.2, 0) is 15.8 Å². The fraction of sp³-hybridized carbons (Fsp3) is 0.310. The Morgan fingerprint density at radius 1 is 0.975 bits per heavy atom. The summed E-state index contributed by atoms with van der Waals surface area (Å²) in [6.07, 6.45) is -5.56. The highest BCUT2D eigenvalue weighted by Crippen LogP contribution is 2.35. The molecule has 210 valence electrons. The molecule has 2 aliphatic heterocycles. The number of imide groups is 1. The first-order valence-corrected chi connectivity index (χ1v) is 13.2. The van der Waals surface area contributed by atoms with E-state index in [0.717, 1.165) is 30.1 Å². The van der Waals surface area contributed by atoms with Crippen molar-refractivity contribution in [3.05, 3.63) is 94.5 Å². The number of hydrogen-bond acceptors (Lipinski definition) is 6. The van der Waals surface area contributed by atoms with Crippen LogP contribution in [0.15, 0.2) is 72.8 Å². The molecule has 0 aliphatic carbocycles. The second-order valence-corrected chi connectivity index (χ2v) is 10.3. The van der Waals surface area contributed by atoms with E-state index in [2.05, 4.69) is 10.2 Å². The number of carbonyl (C=O) groups excluding carboxylic acids is 2. The lowest BCUT2D eigenvalue weighted by atomic mass is 10.0. The normalized spacial score (nSPS) is 19.6. The molecule has 0 saturated carbocycles. The zero-order chi connectivity index (χ0) is 28.4. The molecule has 2 saturated heterocycles. The molecule has 11 heteroatoms. The zero-order valence-corrected chi connectivity index (χ0v) is 22.5. The molecule has 5 rings (SSSR count).